The van der Waals surface area contributed by atoms with Crippen LogP contribution in [0.5, 0.6) is 5.75 Å². The molecule has 3 aromatic rings. The second kappa shape index (κ2) is 9.48. The smallest absolute Gasteiger partial charge is 0.255 e. The molecule has 0 bridgehead atoms. The van der Waals surface area contributed by atoms with Gasteiger partial charge >= 0.3 is 0 Å². The molecule has 0 aliphatic rings. The summed E-state index contributed by atoms with van der Waals surface area (Å²) in [4.78, 5) is 28.5. The number of carbonyl (C=O) groups is 2. The van der Waals surface area contributed by atoms with Gasteiger partial charge in [0.05, 0.1) is 7.11 Å². The minimum absolute atomic E-state index is 0.220. The molecule has 1 unspecified atom stereocenters. The maximum absolute atomic E-state index is 12.3. The standard InChI is InChI=1S/C22H22N4O3/c1-29-19-4-2-3-17(13-19)21(27)25-14-20(23)15-5-7-16(8-6-15)22(28)26-18-9-11-24-12-10-18/h2-13,20H,14,23H2,1H3,(H,25,27)(H,24,26,28). The van der Waals surface area contributed by atoms with Crippen molar-refractivity contribution in [2.24, 2.45) is 5.73 Å². The van der Waals surface area contributed by atoms with Crippen molar-refractivity contribution in [1.29, 1.82) is 0 Å². The molecule has 0 aliphatic carbocycles. The van der Waals surface area contributed by atoms with Gasteiger partial charge in [0, 0.05) is 41.8 Å². The van der Waals surface area contributed by atoms with Gasteiger partial charge in [0.25, 0.3) is 11.8 Å². The fraction of sp³-hybridized carbons (Fsp3) is 0.136. The Hall–Kier alpha value is -3.71. The monoisotopic (exact) mass is 390 g/mol. The molecule has 4 N–H and O–H groups in total. The van der Waals surface area contributed by atoms with Gasteiger partial charge in [0.15, 0.2) is 0 Å². The summed E-state index contributed by atoms with van der Waals surface area (Å²) in [7, 11) is 1.55. The van der Waals surface area contributed by atoms with Gasteiger partial charge in [0.2, 0.25) is 0 Å². The Balaban J connectivity index is 1.56. The number of rotatable bonds is 7. The van der Waals surface area contributed by atoms with Crippen LogP contribution in [0.3, 0.4) is 0 Å². The number of aromatic nitrogens is 1. The van der Waals surface area contributed by atoms with Crippen molar-refractivity contribution in [1.82, 2.24) is 10.3 Å². The van der Waals surface area contributed by atoms with Gasteiger partial charge in [-0.15, -0.1) is 0 Å². The number of pyridine rings is 1. The average molecular weight is 390 g/mol. The second-order valence-electron chi connectivity index (χ2n) is 6.36. The van der Waals surface area contributed by atoms with E-state index in [0.29, 0.717) is 22.6 Å². The van der Waals surface area contributed by atoms with Crippen LogP contribution in [0.15, 0.2) is 73.1 Å². The van der Waals surface area contributed by atoms with E-state index in [-0.39, 0.29) is 18.4 Å². The molecule has 7 heteroatoms. The van der Waals surface area contributed by atoms with E-state index in [1.807, 2.05) is 0 Å². The zero-order valence-corrected chi connectivity index (χ0v) is 16.0. The van der Waals surface area contributed by atoms with Crippen LogP contribution in [0.25, 0.3) is 0 Å². The van der Waals surface area contributed by atoms with E-state index < -0.39 is 6.04 Å². The highest BCUT2D eigenvalue weighted by Crippen LogP contribution is 2.15. The van der Waals surface area contributed by atoms with E-state index in [1.54, 1.807) is 80.2 Å². The molecular weight excluding hydrogens is 368 g/mol. The topological polar surface area (TPSA) is 106 Å². The van der Waals surface area contributed by atoms with Gasteiger partial charge in [-0.1, -0.05) is 18.2 Å². The van der Waals surface area contributed by atoms with E-state index in [4.69, 9.17) is 10.5 Å². The fourth-order valence-corrected chi connectivity index (χ4v) is 2.71. The summed E-state index contributed by atoms with van der Waals surface area (Å²) in [6.07, 6.45) is 3.22. The maximum Gasteiger partial charge on any atom is 0.255 e. The minimum Gasteiger partial charge on any atom is -0.497 e. The first-order valence-electron chi connectivity index (χ1n) is 9.06. The van der Waals surface area contributed by atoms with Crippen LogP contribution in [0.1, 0.15) is 32.3 Å². The van der Waals surface area contributed by atoms with Crippen molar-refractivity contribution < 1.29 is 14.3 Å². The third-order valence-electron chi connectivity index (χ3n) is 4.35. The molecule has 0 fully saturated rings. The van der Waals surface area contributed by atoms with Crippen molar-refractivity contribution in [3.8, 4) is 5.75 Å². The maximum atomic E-state index is 12.3. The number of benzene rings is 2. The largest absolute Gasteiger partial charge is 0.497 e. The molecule has 2 amide bonds. The predicted octanol–water partition coefficient (Wildman–Crippen LogP) is 2.77. The lowest BCUT2D eigenvalue weighted by molar-refractivity contribution is 0.0950. The van der Waals surface area contributed by atoms with E-state index in [1.165, 1.54) is 0 Å². The van der Waals surface area contributed by atoms with Crippen LogP contribution in [0.4, 0.5) is 5.69 Å². The first kappa shape index (κ1) is 20.0. The fourth-order valence-electron chi connectivity index (χ4n) is 2.71. The molecule has 0 aliphatic heterocycles. The van der Waals surface area contributed by atoms with Crippen LogP contribution in [0, 0.1) is 0 Å². The van der Waals surface area contributed by atoms with Crippen LogP contribution in [0.2, 0.25) is 0 Å². The summed E-state index contributed by atoms with van der Waals surface area (Å²) in [5.41, 5.74) is 8.68. The van der Waals surface area contributed by atoms with Crippen LogP contribution in [-0.2, 0) is 0 Å². The molecule has 1 aromatic heterocycles. The van der Waals surface area contributed by atoms with E-state index in [2.05, 4.69) is 15.6 Å². The predicted molar refractivity (Wildman–Crippen MR) is 111 cm³/mol. The SMILES string of the molecule is COc1cccc(C(=O)NCC(N)c2ccc(C(=O)Nc3ccncc3)cc2)c1. The Morgan fingerprint density at radius 1 is 1.00 bits per heavy atom. The highest BCUT2D eigenvalue weighted by Gasteiger charge is 2.12. The van der Waals surface area contributed by atoms with Crippen molar-refractivity contribution in [2.45, 2.75) is 6.04 Å². The molecule has 1 heterocycles. The molecule has 29 heavy (non-hydrogen) atoms. The number of methoxy groups -OCH3 is 1. The molecule has 3 rings (SSSR count). The van der Waals surface area contributed by atoms with Crippen LogP contribution >= 0.6 is 0 Å². The summed E-state index contributed by atoms with van der Waals surface area (Å²) in [5, 5.41) is 5.61. The molecule has 2 aromatic carbocycles. The van der Waals surface area contributed by atoms with E-state index in [9.17, 15) is 9.59 Å². The number of nitrogens with two attached hydrogens (primary N) is 1. The van der Waals surface area contributed by atoms with Gasteiger partial charge in [-0.25, -0.2) is 0 Å². The highest BCUT2D eigenvalue weighted by molar-refractivity contribution is 6.04. The third-order valence-corrected chi connectivity index (χ3v) is 4.35. The normalized spacial score (nSPS) is 11.4. The van der Waals surface area contributed by atoms with Gasteiger partial charge in [0.1, 0.15) is 5.75 Å². The van der Waals surface area contributed by atoms with Gasteiger partial charge in [-0.2, -0.15) is 0 Å². The zero-order valence-electron chi connectivity index (χ0n) is 16.0. The second-order valence-corrected chi connectivity index (χ2v) is 6.36. The number of amides is 2. The summed E-state index contributed by atoms with van der Waals surface area (Å²) in [6, 6.07) is 16.9. The number of hydrogen-bond acceptors (Lipinski definition) is 5. The van der Waals surface area contributed by atoms with Gasteiger partial charge < -0.3 is 21.1 Å². The van der Waals surface area contributed by atoms with Crippen molar-refractivity contribution in [2.75, 3.05) is 19.0 Å². The van der Waals surface area contributed by atoms with Crippen LogP contribution < -0.4 is 21.1 Å². The summed E-state index contributed by atoms with van der Waals surface area (Å²) in [6.45, 7) is 0.263. The summed E-state index contributed by atoms with van der Waals surface area (Å²) >= 11 is 0. The molecule has 0 radical (unpaired) electrons. The average Bonchev–Trinajstić information content (AvgIpc) is 2.78. The number of ether oxygens (including phenoxy) is 1. The number of anilines is 1. The first-order valence-corrected chi connectivity index (χ1v) is 9.06. The van der Waals surface area contributed by atoms with Crippen molar-refractivity contribution in [3.63, 3.8) is 0 Å². The Kier molecular flexibility index (Phi) is 6.55. The lowest BCUT2D eigenvalue weighted by Gasteiger charge is -2.14. The Labute approximate surface area is 168 Å². The van der Waals surface area contributed by atoms with Crippen LogP contribution in [-0.4, -0.2) is 30.5 Å². The van der Waals surface area contributed by atoms with Gasteiger partial charge in [-0.3, -0.25) is 14.6 Å². The van der Waals surface area contributed by atoms with Crippen molar-refractivity contribution in [3.05, 3.63) is 89.7 Å². The quantitative estimate of drug-likeness (QED) is 0.575. The number of nitrogens with one attached hydrogen (secondary N) is 2. The number of carbonyl (C=O) groups excluding carboxylic acids is 2. The van der Waals surface area contributed by atoms with E-state index in [0.717, 1.165) is 5.56 Å². The molecule has 0 spiro atoms. The highest BCUT2D eigenvalue weighted by atomic mass is 16.5. The summed E-state index contributed by atoms with van der Waals surface area (Å²) < 4.78 is 5.13. The molecule has 0 saturated carbocycles. The molecule has 7 nitrogen and oxygen atoms in total. The molecule has 1 atom stereocenters. The minimum atomic E-state index is -0.401. The molecule has 148 valence electrons. The Morgan fingerprint density at radius 3 is 2.41 bits per heavy atom. The molecule has 0 saturated heterocycles. The number of hydrogen-bond donors (Lipinski definition) is 3. The summed E-state index contributed by atoms with van der Waals surface area (Å²) in [5.74, 6) is 0.165. The third kappa shape index (κ3) is 5.40. The Bertz CT molecular complexity index is 975. The van der Waals surface area contributed by atoms with Crippen molar-refractivity contribution >= 4 is 17.5 Å². The lowest BCUT2D eigenvalue weighted by atomic mass is 10.0. The zero-order chi connectivity index (χ0) is 20.6. The number of nitrogens with zero attached hydrogens (tertiary/aromatic N) is 1. The Morgan fingerprint density at radius 2 is 1.72 bits per heavy atom. The first-order chi connectivity index (χ1) is 14.1. The molecular formula is C22H22N4O3. The van der Waals surface area contributed by atoms with Gasteiger partial charge in [-0.05, 0) is 48.0 Å². The van der Waals surface area contributed by atoms with E-state index >= 15 is 0 Å². The lowest BCUT2D eigenvalue weighted by Crippen LogP contribution is -2.31.